The lowest BCUT2D eigenvalue weighted by molar-refractivity contribution is -0.914. The molecule has 34 heavy (non-hydrogen) atoms. The van der Waals surface area contributed by atoms with Crippen LogP contribution in [0.3, 0.4) is 0 Å². The summed E-state index contributed by atoms with van der Waals surface area (Å²) >= 11 is 0. The number of amides is 1. The van der Waals surface area contributed by atoms with Gasteiger partial charge in [-0.1, -0.05) is 0 Å². The number of hydrogen-bond donors (Lipinski definition) is 4. The number of carbonyl (C=O) groups is 1. The number of nitrogen functional groups attached to an aromatic ring is 1. The molecular weight excluding hydrogens is 446 g/mol. The zero-order valence-corrected chi connectivity index (χ0v) is 19.5. The van der Waals surface area contributed by atoms with Gasteiger partial charge in [0.1, 0.15) is 5.75 Å². The number of nitrogens with two attached hydrogens (primary N) is 1. The lowest BCUT2D eigenvalue weighted by Crippen LogP contribution is -2.46. The summed E-state index contributed by atoms with van der Waals surface area (Å²) in [6.07, 6.45) is 4.44. The van der Waals surface area contributed by atoms with Crippen molar-refractivity contribution in [3.8, 4) is 5.75 Å². The maximum atomic E-state index is 13.8. The number of pyridine rings is 1. The molecule has 1 heterocycles. The van der Waals surface area contributed by atoms with Crippen LogP contribution >= 0.6 is 0 Å². The Hall–Kier alpha value is -3.27. The van der Waals surface area contributed by atoms with E-state index in [9.17, 15) is 23.9 Å². The highest BCUT2D eigenvalue weighted by Gasteiger charge is 2.39. The van der Waals surface area contributed by atoms with Crippen molar-refractivity contribution in [2.75, 3.05) is 17.7 Å². The molecule has 1 aliphatic carbocycles. The average Bonchev–Trinajstić information content (AvgIpc) is 2.75. The summed E-state index contributed by atoms with van der Waals surface area (Å²) < 4.78 is 33.3. The molecular formula is C24H31F2N4O4+. The number of ether oxygens (including phenoxy) is 1. The van der Waals surface area contributed by atoms with Crippen molar-refractivity contribution in [2.45, 2.75) is 64.0 Å². The lowest BCUT2D eigenvalue weighted by atomic mass is 9.84. The number of alkyl halides is 2. The third-order valence-corrected chi connectivity index (χ3v) is 5.84. The molecule has 184 valence electrons. The molecule has 2 aromatic rings. The number of anilines is 2. The van der Waals surface area contributed by atoms with Gasteiger partial charge in [0, 0.05) is 47.3 Å². The van der Waals surface area contributed by atoms with Crippen LogP contribution in [0, 0.1) is 0 Å². The highest BCUT2D eigenvalue weighted by Crippen LogP contribution is 2.32. The summed E-state index contributed by atoms with van der Waals surface area (Å²) in [6, 6.07) is 6.71. The minimum atomic E-state index is -3.35. The summed E-state index contributed by atoms with van der Waals surface area (Å²) in [5.74, 6) is -3.86. The van der Waals surface area contributed by atoms with E-state index in [0.717, 1.165) is 18.9 Å². The van der Waals surface area contributed by atoms with Crippen molar-refractivity contribution in [1.29, 1.82) is 0 Å². The summed E-state index contributed by atoms with van der Waals surface area (Å²) in [6.45, 7) is 4.52. The van der Waals surface area contributed by atoms with Crippen LogP contribution in [0.5, 0.6) is 5.75 Å². The molecule has 0 aliphatic heterocycles. The summed E-state index contributed by atoms with van der Waals surface area (Å²) in [5, 5.41) is 22.9. The SMILES string of the molecule is CCOc1cc(N)c(C=NC2CCC(C)(O)CC2)cc1NC(=O)c1cccc(C(C)(F)F)[n+]1O. The molecule has 0 bridgehead atoms. The van der Waals surface area contributed by atoms with E-state index < -0.39 is 23.1 Å². The van der Waals surface area contributed by atoms with E-state index in [1.807, 2.05) is 6.92 Å². The van der Waals surface area contributed by atoms with Gasteiger partial charge in [-0.3, -0.25) is 15.0 Å². The first-order valence-electron chi connectivity index (χ1n) is 11.2. The van der Waals surface area contributed by atoms with E-state index in [1.165, 1.54) is 12.1 Å². The van der Waals surface area contributed by atoms with Gasteiger partial charge in [-0.15, -0.1) is 0 Å². The topological polar surface area (TPSA) is 121 Å². The van der Waals surface area contributed by atoms with Crippen LogP contribution < -0.4 is 20.5 Å². The third kappa shape index (κ3) is 5.99. The molecule has 1 amide bonds. The monoisotopic (exact) mass is 477 g/mol. The largest absolute Gasteiger partial charge is 0.492 e. The normalized spacial score (nSPS) is 20.9. The lowest BCUT2D eigenvalue weighted by Gasteiger charge is -2.31. The van der Waals surface area contributed by atoms with Crippen molar-refractivity contribution >= 4 is 23.5 Å². The number of aromatic nitrogens is 1. The van der Waals surface area contributed by atoms with E-state index in [4.69, 9.17) is 10.5 Å². The van der Waals surface area contributed by atoms with Gasteiger partial charge >= 0.3 is 23.2 Å². The first kappa shape index (κ1) is 25.4. The van der Waals surface area contributed by atoms with Crippen LogP contribution in [-0.2, 0) is 5.92 Å². The summed E-state index contributed by atoms with van der Waals surface area (Å²) in [4.78, 5) is 17.4. The fourth-order valence-corrected chi connectivity index (χ4v) is 3.85. The van der Waals surface area contributed by atoms with Gasteiger partial charge in [0.25, 0.3) is 0 Å². The molecule has 1 fully saturated rings. The number of carbonyl (C=O) groups excluding carboxylic acids is 1. The van der Waals surface area contributed by atoms with Crippen molar-refractivity contribution in [1.82, 2.24) is 0 Å². The second-order valence-electron chi connectivity index (χ2n) is 8.87. The van der Waals surface area contributed by atoms with Crippen molar-refractivity contribution in [2.24, 2.45) is 4.99 Å². The Morgan fingerprint density at radius 1 is 1.38 bits per heavy atom. The van der Waals surface area contributed by atoms with Gasteiger partial charge < -0.3 is 20.9 Å². The smallest absolute Gasteiger partial charge is 0.332 e. The Kier molecular flexibility index (Phi) is 7.40. The fraction of sp³-hybridized carbons (Fsp3) is 0.458. The zero-order valence-electron chi connectivity index (χ0n) is 19.5. The number of nitrogens with zero attached hydrogens (tertiary/aromatic N) is 2. The highest BCUT2D eigenvalue weighted by atomic mass is 19.3. The Labute approximate surface area is 197 Å². The Balaban J connectivity index is 1.87. The zero-order chi connectivity index (χ0) is 25.1. The standard InChI is InChI=1S/C24H30F2N4O4/c1-4-34-20-13-17(27)15(14-28-16-8-10-23(2,32)11-9-16)12-18(20)29-22(31)19-6-5-7-21(30(19)33)24(3,25)26/h5-7,12-14,16,27,31-33H,4,8-11H2,1-3H3/p+1. The molecule has 5 N–H and O–H groups in total. The van der Waals surface area contributed by atoms with Gasteiger partial charge in [0.05, 0.1) is 23.9 Å². The van der Waals surface area contributed by atoms with E-state index in [1.54, 1.807) is 25.3 Å². The number of benzene rings is 1. The predicted octanol–water partition coefficient (Wildman–Crippen LogP) is 3.67. The Morgan fingerprint density at radius 2 is 2.06 bits per heavy atom. The Morgan fingerprint density at radius 3 is 2.68 bits per heavy atom. The minimum Gasteiger partial charge on any atom is -0.492 e. The minimum absolute atomic E-state index is 0.0519. The van der Waals surface area contributed by atoms with Gasteiger partial charge in [-0.05, 0) is 51.7 Å². The first-order valence-corrected chi connectivity index (χ1v) is 11.2. The van der Waals surface area contributed by atoms with Crippen molar-refractivity contribution < 1.29 is 33.4 Å². The highest BCUT2D eigenvalue weighted by molar-refractivity contribution is 6.04. The maximum absolute atomic E-state index is 13.8. The van der Waals surface area contributed by atoms with Gasteiger partial charge in [0.15, 0.2) is 0 Å². The predicted molar refractivity (Wildman–Crippen MR) is 124 cm³/mol. The third-order valence-electron chi connectivity index (χ3n) is 5.84. The quantitative estimate of drug-likeness (QED) is 0.210. The van der Waals surface area contributed by atoms with Crippen LogP contribution in [0.15, 0.2) is 35.3 Å². The van der Waals surface area contributed by atoms with Crippen LogP contribution in [0.25, 0.3) is 0 Å². The molecule has 1 aliphatic rings. The van der Waals surface area contributed by atoms with Gasteiger partial charge in [0.2, 0.25) is 0 Å². The molecule has 3 rings (SSSR count). The molecule has 1 aromatic carbocycles. The van der Waals surface area contributed by atoms with Crippen molar-refractivity contribution in [3.63, 3.8) is 0 Å². The molecule has 8 nitrogen and oxygen atoms in total. The van der Waals surface area contributed by atoms with Crippen molar-refractivity contribution in [3.05, 3.63) is 47.3 Å². The van der Waals surface area contributed by atoms with E-state index >= 15 is 0 Å². The number of aliphatic hydroxyl groups is 1. The summed E-state index contributed by atoms with van der Waals surface area (Å²) in [5.41, 5.74) is 5.59. The van der Waals surface area contributed by atoms with E-state index in [0.29, 0.717) is 43.4 Å². The number of aliphatic imine (C=N–C) groups is 1. The Bertz CT molecular complexity index is 1070. The number of hydrogen-bond acceptors (Lipinski definition) is 6. The number of halogens is 2. The molecule has 0 radical (unpaired) electrons. The summed E-state index contributed by atoms with van der Waals surface area (Å²) in [7, 11) is 0. The molecule has 0 unspecified atom stereocenters. The van der Waals surface area contributed by atoms with Gasteiger partial charge in [-0.2, -0.15) is 8.78 Å². The number of nitrogens with one attached hydrogen (secondary N) is 1. The molecule has 0 atom stereocenters. The molecule has 1 aromatic heterocycles. The maximum Gasteiger partial charge on any atom is 0.332 e. The van der Waals surface area contributed by atoms with Crippen LogP contribution in [0.4, 0.5) is 20.2 Å². The second kappa shape index (κ2) is 9.92. The molecule has 0 spiro atoms. The molecule has 1 saturated carbocycles. The molecule has 10 heteroatoms. The van der Waals surface area contributed by atoms with Crippen LogP contribution in [-0.4, -0.2) is 40.7 Å². The average molecular weight is 478 g/mol. The van der Waals surface area contributed by atoms with E-state index in [2.05, 4.69) is 10.3 Å². The number of rotatable bonds is 7. The second-order valence-corrected chi connectivity index (χ2v) is 8.87. The molecule has 0 saturated heterocycles. The van der Waals surface area contributed by atoms with Crippen LogP contribution in [0.1, 0.15) is 68.2 Å². The van der Waals surface area contributed by atoms with Gasteiger partial charge in [-0.25, -0.2) is 0 Å². The fourth-order valence-electron chi connectivity index (χ4n) is 3.85. The van der Waals surface area contributed by atoms with Crippen LogP contribution in [0.2, 0.25) is 0 Å². The van der Waals surface area contributed by atoms with E-state index in [-0.39, 0.29) is 22.2 Å². The first-order chi connectivity index (χ1) is 15.9.